The van der Waals surface area contributed by atoms with Crippen LogP contribution in [0.5, 0.6) is 0 Å². The summed E-state index contributed by atoms with van der Waals surface area (Å²) in [6.45, 7) is 8.16. The fourth-order valence-electron chi connectivity index (χ4n) is 5.45. The van der Waals surface area contributed by atoms with Crippen LogP contribution >= 0.6 is 11.8 Å². The van der Waals surface area contributed by atoms with E-state index in [4.69, 9.17) is 0 Å². The van der Waals surface area contributed by atoms with Gasteiger partial charge in [0.05, 0.1) is 22.6 Å². The van der Waals surface area contributed by atoms with Crippen LogP contribution in [0.25, 0.3) is 15.9 Å². The fraction of sp³-hybridized carbons (Fsp3) is 0.385. The zero-order valence-corrected chi connectivity index (χ0v) is 20.1. The van der Waals surface area contributed by atoms with Crippen molar-refractivity contribution in [2.75, 3.05) is 31.1 Å². The molecule has 3 aliphatic heterocycles. The average molecular weight is 480 g/mol. The predicted octanol–water partition coefficient (Wildman–Crippen LogP) is 5.28. The summed E-state index contributed by atoms with van der Waals surface area (Å²) in [5, 5.41) is 5.30. The van der Waals surface area contributed by atoms with Gasteiger partial charge in [-0.05, 0) is 37.7 Å². The molecule has 6 rings (SSSR count). The van der Waals surface area contributed by atoms with Crippen molar-refractivity contribution in [2.45, 2.75) is 25.6 Å². The lowest BCUT2D eigenvalue weighted by molar-refractivity contribution is -0.0441. The maximum absolute atomic E-state index is 13.7. The third-order valence-electron chi connectivity index (χ3n) is 7.04. The minimum atomic E-state index is -0.893. The van der Waals surface area contributed by atoms with Crippen LogP contribution in [0.2, 0.25) is 0 Å². The summed E-state index contributed by atoms with van der Waals surface area (Å²) in [4.78, 5) is 12.5. The molecule has 0 aliphatic carbocycles. The highest BCUT2D eigenvalue weighted by atomic mass is 32.2. The van der Waals surface area contributed by atoms with Gasteiger partial charge in [0.2, 0.25) is 0 Å². The summed E-state index contributed by atoms with van der Waals surface area (Å²) in [6, 6.07) is 11.0. The van der Waals surface area contributed by atoms with E-state index in [0.29, 0.717) is 28.2 Å². The molecule has 3 aromatic rings. The van der Waals surface area contributed by atoms with Gasteiger partial charge >= 0.3 is 0 Å². The number of anilines is 1. The quantitative estimate of drug-likeness (QED) is 0.509. The van der Waals surface area contributed by atoms with Crippen LogP contribution in [-0.4, -0.2) is 51.5 Å². The van der Waals surface area contributed by atoms with Crippen molar-refractivity contribution >= 4 is 33.5 Å². The number of piperidine rings is 2. The summed E-state index contributed by atoms with van der Waals surface area (Å²) in [5.74, 6) is -0.00179. The molecule has 0 amide bonds. The second-order valence-corrected chi connectivity index (χ2v) is 11.0. The molecule has 3 atom stereocenters. The Hall–Kier alpha value is -2.71. The topological polar surface area (TPSA) is 35.5 Å². The van der Waals surface area contributed by atoms with Crippen molar-refractivity contribution in [1.29, 1.82) is 0 Å². The first kappa shape index (κ1) is 21.8. The Morgan fingerprint density at radius 1 is 0.941 bits per heavy atom. The molecule has 8 heteroatoms. The first-order chi connectivity index (χ1) is 16.4. The Morgan fingerprint density at radius 3 is 2.32 bits per heavy atom. The highest BCUT2D eigenvalue weighted by molar-refractivity contribution is 8.09. The molecule has 1 aromatic heterocycles. The molecule has 2 aromatic carbocycles. The number of rotatable bonds is 3. The minimum Gasteiger partial charge on any atom is -0.355 e. The van der Waals surface area contributed by atoms with E-state index in [9.17, 15) is 8.78 Å². The number of aromatic nitrogens is 2. The molecule has 0 radical (unpaired) electrons. The smallest absolute Gasteiger partial charge is 0.161 e. The zero-order chi connectivity index (χ0) is 23.4. The number of nitrogens with zero attached hydrogens (tertiary/aromatic N) is 5. The standard InChI is InChI=1S/C26H27F2N5S/c1-16-3-5-20(6-4-16)25-15-33(17(2)34-25)32-13-18-7-19(14-32)12-31(11-18)26-10-29-23-8-21(27)22(28)9-24(23)30-26/h3-6,8-10,15,17-19H,7,11-14H2,1-2H3. The molecule has 3 aliphatic rings. The van der Waals surface area contributed by atoms with E-state index in [0.717, 1.165) is 44.1 Å². The van der Waals surface area contributed by atoms with Gasteiger partial charge in [0, 0.05) is 49.4 Å². The van der Waals surface area contributed by atoms with Crippen LogP contribution in [0.3, 0.4) is 0 Å². The number of hydrogen-bond donors (Lipinski definition) is 0. The zero-order valence-electron chi connectivity index (χ0n) is 19.3. The van der Waals surface area contributed by atoms with E-state index in [1.54, 1.807) is 6.20 Å². The molecule has 176 valence electrons. The molecule has 2 fully saturated rings. The lowest BCUT2D eigenvalue weighted by Gasteiger charge is -2.49. The number of halogens is 2. The van der Waals surface area contributed by atoms with Crippen molar-refractivity contribution in [1.82, 2.24) is 20.0 Å². The lowest BCUT2D eigenvalue weighted by Crippen LogP contribution is -2.57. The van der Waals surface area contributed by atoms with E-state index in [2.05, 4.69) is 69.2 Å². The van der Waals surface area contributed by atoms with Crippen LogP contribution < -0.4 is 4.90 Å². The van der Waals surface area contributed by atoms with E-state index in [-0.39, 0.29) is 0 Å². The SMILES string of the molecule is Cc1ccc(C2=CN(N3CC4CC(CN(c5cnc6cc(F)c(F)cc6n5)C4)C3)C(C)S2)cc1. The Morgan fingerprint density at radius 2 is 1.62 bits per heavy atom. The van der Waals surface area contributed by atoms with Crippen LogP contribution in [0.4, 0.5) is 14.6 Å². The summed E-state index contributed by atoms with van der Waals surface area (Å²) in [5.41, 5.74) is 3.33. The molecule has 3 unspecified atom stereocenters. The monoisotopic (exact) mass is 479 g/mol. The van der Waals surface area contributed by atoms with Crippen molar-refractivity contribution in [3.8, 4) is 0 Å². The normalized spacial score (nSPS) is 25.2. The highest BCUT2D eigenvalue weighted by Crippen LogP contribution is 2.42. The summed E-state index contributed by atoms with van der Waals surface area (Å²) in [6.07, 6.45) is 5.20. The van der Waals surface area contributed by atoms with Crippen LogP contribution in [-0.2, 0) is 0 Å². The summed E-state index contributed by atoms with van der Waals surface area (Å²) >= 11 is 1.91. The van der Waals surface area contributed by atoms with Gasteiger partial charge in [-0.2, -0.15) is 0 Å². The van der Waals surface area contributed by atoms with Crippen LogP contribution in [0.1, 0.15) is 24.5 Å². The second-order valence-electron chi connectivity index (χ2n) is 9.68. The van der Waals surface area contributed by atoms with Crippen molar-refractivity contribution in [3.63, 3.8) is 0 Å². The molecule has 2 bridgehead atoms. The fourth-order valence-corrected chi connectivity index (χ4v) is 6.56. The second kappa shape index (κ2) is 8.50. The third kappa shape index (κ3) is 4.03. The molecule has 5 nitrogen and oxygen atoms in total. The maximum Gasteiger partial charge on any atom is 0.161 e. The minimum absolute atomic E-state index is 0.368. The third-order valence-corrected chi connectivity index (χ3v) is 8.19. The van der Waals surface area contributed by atoms with E-state index in [1.807, 2.05) is 11.8 Å². The lowest BCUT2D eigenvalue weighted by atomic mass is 9.85. The number of aryl methyl sites for hydroxylation is 1. The van der Waals surface area contributed by atoms with Gasteiger partial charge in [0.1, 0.15) is 5.82 Å². The predicted molar refractivity (Wildman–Crippen MR) is 133 cm³/mol. The number of hydrazine groups is 1. The van der Waals surface area contributed by atoms with Crippen LogP contribution in [0.15, 0.2) is 48.8 Å². The molecular weight excluding hydrogens is 452 g/mol. The number of thioether (sulfide) groups is 1. The van der Waals surface area contributed by atoms with E-state index in [1.165, 1.54) is 22.5 Å². The summed E-state index contributed by atoms with van der Waals surface area (Å²) < 4.78 is 27.2. The molecular formula is C26H27F2N5S. The van der Waals surface area contributed by atoms with E-state index >= 15 is 0 Å². The Balaban J connectivity index is 1.18. The van der Waals surface area contributed by atoms with Gasteiger partial charge in [-0.3, -0.25) is 9.99 Å². The molecule has 0 saturated carbocycles. The molecule has 4 heterocycles. The number of benzene rings is 2. The Kier molecular flexibility index (Phi) is 5.45. The number of fused-ring (bicyclic) bond motifs is 3. The first-order valence-corrected chi connectivity index (χ1v) is 12.7. The Bertz CT molecular complexity index is 1250. The average Bonchev–Trinajstić information content (AvgIpc) is 3.21. The van der Waals surface area contributed by atoms with Crippen LogP contribution in [0, 0.1) is 30.4 Å². The largest absolute Gasteiger partial charge is 0.355 e. The van der Waals surface area contributed by atoms with Gasteiger partial charge in [-0.1, -0.05) is 41.6 Å². The van der Waals surface area contributed by atoms with Crippen molar-refractivity contribution < 1.29 is 8.78 Å². The van der Waals surface area contributed by atoms with E-state index < -0.39 is 11.6 Å². The van der Waals surface area contributed by atoms with Gasteiger partial charge < -0.3 is 4.90 Å². The number of hydrogen-bond acceptors (Lipinski definition) is 6. The van der Waals surface area contributed by atoms with Gasteiger partial charge in [-0.25, -0.2) is 18.8 Å². The van der Waals surface area contributed by atoms with Crippen molar-refractivity contribution in [3.05, 3.63) is 71.6 Å². The molecule has 34 heavy (non-hydrogen) atoms. The van der Waals surface area contributed by atoms with Crippen molar-refractivity contribution in [2.24, 2.45) is 11.8 Å². The maximum atomic E-state index is 13.7. The Labute approximate surface area is 202 Å². The molecule has 0 spiro atoms. The van der Waals surface area contributed by atoms with Gasteiger partial charge in [0.25, 0.3) is 0 Å². The molecule has 0 N–H and O–H groups in total. The molecule has 2 saturated heterocycles. The van der Waals surface area contributed by atoms with Gasteiger partial charge in [0.15, 0.2) is 11.6 Å². The first-order valence-electron chi connectivity index (χ1n) is 11.8. The highest BCUT2D eigenvalue weighted by Gasteiger charge is 2.38. The van der Waals surface area contributed by atoms with Gasteiger partial charge in [-0.15, -0.1) is 0 Å². The summed E-state index contributed by atoms with van der Waals surface area (Å²) in [7, 11) is 0.